The number of hydrogen-bond donors (Lipinski definition) is 1. The van der Waals surface area contributed by atoms with E-state index in [0.717, 1.165) is 51.4 Å². The van der Waals surface area contributed by atoms with E-state index in [1.807, 2.05) is 6.07 Å². The number of ether oxygens (including phenoxy) is 1. The molecular weight excluding hydrogens is 304 g/mol. The Bertz CT molecular complexity index is 511. The summed E-state index contributed by atoms with van der Waals surface area (Å²) in [6, 6.07) is 1.86. The Labute approximate surface area is 144 Å². The van der Waals surface area contributed by atoms with Crippen molar-refractivity contribution < 1.29 is 9.53 Å². The SMILES string of the molecule is O=C(CCc1ccncn1)NCC1(N2CCCCC2)CCOCC1. The fourth-order valence-electron chi connectivity index (χ4n) is 3.78. The third kappa shape index (κ3) is 4.51. The third-order valence-electron chi connectivity index (χ3n) is 5.32. The molecule has 2 aliphatic heterocycles. The number of aryl methyl sites for hydroxylation is 1. The Kier molecular flexibility index (Phi) is 6.15. The molecule has 0 bridgehead atoms. The maximum atomic E-state index is 12.3. The quantitative estimate of drug-likeness (QED) is 0.856. The molecule has 24 heavy (non-hydrogen) atoms. The van der Waals surface area contributed by atoms with Gasteiger partial charge in [-0.05, 0) is 51.3 Å². The molecule has 0 spiro atoms. The van der Waals surface area contributed by atoms with Crippen molar-refractivity contribution >= 4 is 5.91 Å². The van der Waals surface area contributed by atoms with Crippen molar-refractivity contribution in [3.05, 3.63) is 24.3 Å². The van der Waals surface area contributed by atoms with Gasteiger partial charge in [-0.25, -0.2) is 9.97 Å². The maximum Gasteiger partial charge on any atom is 0.220 e. The average molecular weight is 332 g/mol. The molecule has 0 aliphatic carbocycles. The van der Waals surface area contributed by atoms with Gasteiger partial charge in [-0.2, -0.15) is 0 Å². The minimum absolute atomic E-state index is 0.0866. The fourth-order valence-corrected chi connectivity index (χ4v) is 3.78. The second-order valence-corrected chi connectivity index (χ2v) is 6.86. The highest BCUT2D eigenvalue weighted by molar-refractivity contribution is 5.76. The molecule has 0 unspecified atom stereocenters. The van der Waals surface area contributed by atoms with Crippen LogP contribution in [-0.4, -0.2) is 59.2 Å². The molecule has 0 radical (unpaired) electrons. The van der Waals surface area contributed by atoms with E-state index in [0.29, 0.717) is 12.8 Å². The first-order valence-corrected chi connectivity index (χ1v) is 9.13. The fraction of sp³-hybridized carbons (Fsp3) is 0.722. The van der Waals surface area contributed by atoms with Crippen LogP contribution in [0.25, 0.3) is 0 Å². The Balaban J connectivity index is 1.52. The number of carbonyl (C=O) groups is 1. The smallest absolute Gasteiger partial charge is 0.220 e. The van der Waals surface area contributed by atoms with Crippen LogP contribution in [0.1, 0.15) is 44.2 Å². The molecule has 0 aromatic carbocycles. The van der Waals surface area contributed by atoms with Gasteiger partial charge in [-0.15, -0.1) is 0 Å². The highest BCUT2D eigenvalue weighted by Gasteiger charge is 2.39. The first kappa shape index (κ1) is 17.3. The summed E-state index contributed by atoms with van der Waals surface area (Å²) in [5.74, 6) is 0.108. The molecule has 132 valence electrons. The number of nitrogens with zero attached hydrogens (tertiary/aromatic N) is 3. The Hall–Kier alpha value is -1.53. The summed E-state index contributed by atoms with van der Waals surface area (Å²) >= 11 is 0. The standard InChI is InChI=1S/C18H28N4O2/c23-17(5-4-16-6-9-19-15-21-16)20-14-18(7-12-24-13-8-18)22-10-2-1-3-11-22/h6,9,15H,1-5,7-8,10-14H2,(H,20,23). The lowest BCUT2D eigenvalue weighted by atomic mass is 9.86. The zero-order valence-corrected chi connectivity index (χ0v) is 14.4. The van der Waals surface area contributed by atoms with Crippen LogP contribution in [0, 0.1) is 0 Å². The average Bonchev–Trinajstić information content (AvgIpc) is 2.67. The van der Waals surface area contributed by atoms with E-state index >= 15 is 0 Å². The van der Waals surface area contributed by atoms with Gasteiger partial charge in [-0.3, -0.25) is 9.69 Å². The largest absolute Gasteiger partial charge is 0.381 e. The topological polar surface area (TPSA) is 67.4 Å². The molecule has 1 aromatic heterocycles. The molecule has 2 saturated heterocycles. The lowest BCUT2D eigenvalue weighted by molar-refractivity contribution is -0.122. The maximum absolute atomic E-state index is 12.3. The van der Waals surface area contributed by atoms with Crippen LogP contribution in [0.15, 0.2) is 18.6 Å². The predicted molar refractivity (Wildman–Crippen MR) is 91.6 cm³/mol. The van der Waals surface area contributed by atoms with E-state index < -0.39 is 0 Å². The Morgan fingerprint density at radius 2 is 2.04 bits per heavy atom. The van der Waals surface area contributed by atoms with Crippen molar-refractivity contribution in [3.63, 3.8) is 0 Å². The summed E-state index contributed by atoms with van der Waals surface area (Å²) in [6.45, 7) is 4.63. The van der Waals surface area contributed by atoms with Crippen molar-refractivity contribution in [2.24, 2.45) is 0 Å². The Morgan fingerprint density at radius 1 is 1.25 bits per heavy atom. The normalized spacial score (nSPS) is 21.3. The van der Waals surface area contributed by atoms with Gasteiger partial charge in [-0.1, -0.05) is 6.42 Å². The molecule has 3 heterocycles. The van der Waals surface area contributed by atoms with Gasteiger partial charge in [0.25, 0.3) is 0 Å². The summed E-state index contributed by atoms with van der Waals surface area (Å²) in [7, 11) is 0. The van der Waals surface area contributed by atoms with Crippen molar-refractivity contribution in [3.8, 4) is 0 Å². The van der Waals surface area contributed by atoms with E-state index in [-0.39, 0.29) is 11.4 Å². The molecule has 2 fully saturated rings. The molecule has 6 heteroatoms. The summed E-state index contributed by atoms with van der Waals surface area (Å²) in [6.07, 6.45) is 10.3. The molecule has 6 nitrogen and oxygen atoms in total. The third-order valence-corrected chi connectivity index (χ3v) is 5.32. The monoisotopic (exact) mass is 332 g/mol. The number of aromatic nitrogens is 2. The highest BCUT2D eigenvalue weighted by atomic mass is 16.5. The zero-order chi connectivity index (χ0) is 16.7. The molecule has 1 amide bonds. The van der Waals surface area contributed by atoms with Crippen LogP contribution in [0.2, 0.25) is 0 Å². The summed E-state index contributed by atoms with van der Waals surface area (Å²) in [5, 5.41) is 3.18. The summed E-state index contributed by atoms with van der Waals surface area (Å²) < 4.78 is 5.57. The van der Waals surface area contributed by atoms with E-state index in [2.05, 4.69) is 20.2 Å². The number of amides is 1. The van der Waals surface area contributed by atoms with E-state index in [1.165, 1.54) is 25.6 Å². The number of rotatable bonds is 6. The van der Waals surface area contributed by atoms with Crippen LogP contribution in [0.5, 0.6) is 0 Å². The molecule has 0 saturated carbocycles. The van der Waals surface area contributed by atoms with Crippen LogP contribution >= 0.6 is 0 Å². The number of nitrogens with one attached hydrogen (secondary N) is 1. The molecule has 3 rings (SSSR count). The van der Waals surface area contributed by atoms with Gasteiger partial charge in [0.15, 0.2) is 0 Å². The first-order chi connectivity index (χ1) is 11.8. The van der Waals surface area contributed by atoms with Gasteiger partial charge >= 0.3 is 0 Å². The van der Waals surface area contributed by atoms with Gasteiger partial charge in [0, 0.05) is 43.6 Å². The van der Waals surface area contributed by atoms with Gasteiger partial charge < -0.3 is 10.1 Å². The summed E-state index contributed by atoms with van der Waals surface area (Å²) in [5.41, 5.74) is 1.00. The van der Waals surface area contributed by atoms with Gasteiger partial charge in [0.1, 0.15) is 6.33 Å². The lowest BCUT2D eigenvalue weighted by Gasteiger charge is -2.48. The van der Waals surface area contributed by atoms with Gasteiger partial charge in [0.2, 0.25) is 5.91 Å². The van der Waals surface area contributed by atoms with E-state index in [4.69, 9.17) is 4.74 Å². The predicted octanol–water partition coefficient (Wildman–Crippen LogP) is 1.56. The van der Waals surface area contributed by atoms with Crippen molar-refractivity contribution in [2.45, 2.75) is 50.5 Å². The van der Waals surface area contributed by atoms with Crippen molar-refractivity contribution in [1.29, 1.82) is 0 Å². The number of carbonyl (C=O) groups excluding carboxylic acids is 1. The molecular formula is C18H28N4O2. The second kappa shape index (κ2) is 8.53. The molecule has 1 N–H and O–H groups in total. The minimum atomic E-state index is 0.0866. The van der Waals surface area contributed by atoms with Crippen LogP contribution in [0.3, 0.4) is 0 Å². The van der Waals surface area contributed by atoms with Crippen LogP contribution in [0.4, 0.5) is 0 Å². The molecule has 1 aromatic rings. The van der Waals surface area contributed by atoms with E-state index in [9.17, 15) is 4.79 Å². The Morgan fingerprint density at radius 3 is 2.75 bits per heavy atom. The van der Waals surface area contributed by atoms with E-state index in [1.54, 1.807) is 6.20 Å². The number of piperidine rings is 1. The number of hydrogen-bond acceptors (Lipinski definition) is 5. The highest BCUT2D eigenvalue weighted by Crippen LogP contribution is 2.30. The second-order valence-electron chi connectivity index (χ2n) is 6.86. The van der Waals surface area contributed by atoms with Gasteiger partial charge in [0.05, 0.1) is 0 Å². The first-order valence-electron chi connectivity index (χ1n) is 9.13. The zero-order valence-electron chi connectivity index (χ0n) is 14.4. The van der Waals surface area contributed by atoms with Crippen molar-refractivity contribution in [1.82, 2.24) is 20.2 Å². The summed E-state index contributed by atoms with van der Waals surface area (Å²) in [4.78, 5) is 23.0. The lowest BCUT2D eigenvalue weighted by Crippen LogP contribution is -2.59. The molecule has 0 atom stereocenters. The van der Waals surface area contributed by atoms with Crippen LogP contribution in [-0.2, 0) is 16.0 Å². The van der Waals surface area contributed by atoms with Crippen molar-refractivity contribution in [2.75, 3.05) is 32.8 Å². The minimum Gasteiger partial charge on any atom is -0.381 e. The number of likely N-dealkylation sites (tertiary alicyclic amines) is 1. The van der Waals surface area contributed by atoms with Crippen LogP contribution < -0.4 is 5.32 Å². The molecule has 2 aliphatic rings.